The van der Waals surface area contributed by atoms with Crippen molar-refractivity contribution in [3.05, 3.63) is 53.7 Å². The SMILES string of the molecule is C[C@@H]1CN(C)C(=O)C1C#Cc1cccc(-c2cccc(C(N)=O)n2)c1. The van der Waals surface area contributed by atoms with Crippen LogP contribution in [-0.2, 0) is 4.79 Å². The van der Waals surface area contributed by atoms with Crippen molar-refractivity contribution in [2.24, 2.45) is 17.6 Å². The highest BCUT2D eigenvalue weighted by atomic mass is 16.2. The van der Waals surface area contributed by atoms with Crippen molar-refractivity contribution < 1.29 is 9.59 Å². The first-order valence-electron chi connectivity index (χ1n) is 8.09. The lowest BCUT2D eigenvalue weighted by molar-refractivity contribution is -0.128. The van der Waals surface area contributed by atoms with Crippen molar-refractivity contribution in [3.8, 4) is 23.1 Å². The zero-order valence-electron chi connectivity index (χ0n) is 14.2. The summed E-state index contributed by atoms with van der Waals surface area (Å²) in [6.45, 7) is 2.78. The molecule has 1 unspecified atom stereocenters. The van der Waals surface area contributed by atoms with Gasteiger partial charge in [0.1, 0.15) is 11.6 Å². The number of hydrogen-bond donors (Lipinski definition) is 1. The van der Waals surface area contributed by atoms with Crippen LogP contribution in [0.1, 0.15) is 23.0 Å². The van der Waals surface area contributed by atoms with Crippen LogP contribution < -0.4 is 5.73 Å². The van der Waals surface area contributed by atoms with Crippen LogP contribution in [0.2, 0.25) is 0 Å². The Balaban J connectivity index is 1.88. The van der Waals surface area contributed by atoms with Gasteiger partial charge in [-0.25, -0.2) is 4.98 Å². The van der Waals surface area contributed by atoms with Crippen molar-refractivity contribution >= 4 is 11.8 Å². The first-order chi connectivity index (χ1) is 12.0. The van der Waals surface area contributed by atoms with E-state index in [9.17, 15) is 9.59 Å². The Morgan fingerprint density at radius 2 is 2.04 bits per heavy atom. The normalized spacial score (nSPS) is 19.4. The average molecular weight is 333 g/mol. The van der Waals surface area contributed by atoms with Crippen LogP contribution >= 0.6 is 0 Å². The molecule has 0 spiro atoms. The second-order valence-electron chi connectivity index (χ2n) is 6.30. The summed E-state index contributed by atoms with van der Waals surface area (Å²) >= 11 is 0. The molecule has 2 atom stereocenters. The van der Waals surface area contributed by atoms with Crippen LogP contribution in [0, 0.1) is 23.7 Å². The van der Waals surface area contributed by atoms with Gasteiger partial charge in [-0.1, -0.05) is 37.0 Å². The van der Waals surface area contributed by atoms with Gasteiger partial charge in [0, 0.05) is 24.7 Å². The molecule has 1 fully saturated rings. The molecule has 1 aliphatic rings. The van der Waals surface area contributed by atoms with Gasteiger partial charge in [0.25, 0.3) is 5.91 Å². The zero-order valence-corrected chi connectivity index (χ0v) is 14.2. The Bertz CT molecular complexity index is 895. The third-order valence-electron chi connectivity index (χ3n) is 4.31. The minimum atomic E-state index is -0.560. The van der Waals surface area contributed by atoms with Crippen molar-refractivity contribution in [1.82, 2.24) is 9.88 Å². The summed E-state index contributed by atoms with van der Waals surface area (Å²) in [4.78, 5) is 29.4. The Labute approximate surface area is 146 Å². The summed E-state index contributed by atoms with van der Waals surface area (Å²) in [5, 5.41) is 0. The van der Waals surface area contributed by atoms with E-state index in [4.69, 9.17) is 5.73 Å². The van der Waals surface area contributed by atoms with Gasteiger partial charge in [0.15, 0.2) is 0 Å². The lowest BCUT2D eigenvalue weighted by Crippen LogP contribution is -2.21. The molecule has 2 N–H and O–H groups in total. The molecule has 0 saturated carbocycles. The second-order valence-corrected chi connectivity index (χ2v) is 6.30. The fourth-order valence-corrected chi connectivity index (χ4v) is 2.96. The number of nitrogens with two attached hydrogens (primary N) is 1. The summed E-state index contributed by atoms with van der Waals surface area (Å²) in [5.74, 6) is 5.68. The first kappa shape index (κ1) is 16.7. The van der Waals surface area contributed by atoms with E-state index in [0.29, 0.717) is 5.69 Å². The molecule has 3 rings (SSSR count). The monoisotopic (exact) mass is 333 g/mol. The average Bonchev–Trinajstić information content (AvgIpc) is 2.85. The van der Waals surface area contributed by atoms with Crippen LogP contribution in [0.15, 0.2) is 42.5 Å². The molecule has 0 bridgehead atoms. The fourth-order valence-electron chi connectivity index (χ4n) is 2.96. The summed E-state index contributed by atoms with van der Waals surface area (Å²) in [7, 11) is 1.80. The van der Waals surface area contributed by atoms with Crippen LogP contribution in [-0.4, -0.2) is 35.3 Å². The molecule has 0 aliphatic carbocycles. The quantitative estimate of drug-likeness (QED) is 0.853. The minimum Gasteiger partial charge on any atom is -0.364 e. The van der Waals surface area contributed by atoms with E-state index in [-0.39, 0.29) is 23.4 Å². The highest BCUT2D eigenvalue weighted by Crippen LogP contribution is 2.23. The molecule has 25 heavy (non-hydrogen) atoms. The van der Waals surface area contributed by atoms with Crippen molar-refractivity contribution in [1.29, 1.82) is 0 Å². The number of amides is 2. The van der Waals surface area contributed by atoms with Gasteiger partial charge in [0.2, 0.25) is 5.91 Å². The largest absolute Gasteiger partial charge is 0.364 e. The van der Waals surface area contributed by atoms with E-state index < -0.39 is 5.91 Å². The molecule has 1 aromatic heterocycles. The topological polar surface area (TPSA) is 76.3 Å². The number of carbonyl (C=O) groups is 2. The van der Waals surface area contributed by atoms with Crippen LogP contribution in [0.5, 0.6) is 0 Å². The van der Waals surface area contributed by atoms with E-state index in [2.05, 4.69) is 16.8 Å². The van der Waals surface area contributed by atoms with E-state index in [0.717, 1.165) is 17.7 Å². The number of primary amides is 1. The lowest BCUT2D eigenvalue weighted by atomic mass is 9.97. The van der Waals surface area contributed by atoms with Crippen molar-refractivity contribution in [2.45, 2.75) is 6.92 Å². The number of nitrogens with zero attached hydrogens (tertiary/aromatic N) is 2. The van der Waals surface area contributed by atoms with E-state index in [1.54, 1.807) is 24.1 Å². The lowest BCUT2D eigenvalue weighted by Gasteiger charge is -2.05. The first-order valence-corrected chi connectivity index (χ1v) is 8.09. The van der Waals surface area contributed by atoms with Gasteiger partial charge >= 0.3 is 0 Å². The zero-order chi connectivity index (χ0) is 18.0. The molecule has 2 aromatic rings. The number of rotatable bonds is 2. The minimum absolute atomic E-state index is 0.0759. The number of aromatic nitrogens is 1. The molecule has 126 valence electrons. The van der Waals surface area contributed by atoms with Gasteiger partial charge < -0.3 is 10.6 Å². The Hall–Kier alpha value is -3.13. The number of hydrogen-bond acceptors (Lipinski definition) is 3. The number of benzene rings is 1. The summed E-state index contributed by atoms with van der Waals surface area (Å²) < 4.78 is 0. The molecule has 1 aliphatic heterocycles. The smallest absolute Gasteiger partial charge is 0.267 e. The molecule has 0 radical (unpaired) electrons. The van der Waals surface area contributed by atoms with E-state index in [1.165, 1.54) is 0 Å². The molecule has 1 aromatic carbocycles. The van der Waals surface area contributed by atoms with Crippen LogP contribution in [0.25, 0.3) is 11.3 Å². The summed E-state index contributed by atoms with van der Waals surface area (Å²) in [5.41, 5.74) is 7.82. The summed E-state index contributed by atoms with van der Waals surface area (Å²) in [6.07, 6.45) is 0. The predicted octanol–water partition coefficient (Wildman–Crippen LogP) is 1.92. The maximum atomic E-state index is 12.1. The van der Waals surface area contributed by atoms with E-state index >= 15 is 0 Å². The molecule has 2 amide bonds. The third-order valence-corrected chi connectivity index (χ3v) is 4.31. The van der Waals surface area contributed by atoms with Gasteiger partial charge in [0.05, 0.1) is 5.69 Å². The highest BCUT2D eigenvalue weighted by Gasteiger charge is 2.34. The molecule has 5 heteroatoms. The fraction of sp³-hybridized carbons (Fsp3) is 0.250. The Kier molecular flexibility index (Phi) is 4.53. The van der Waals surface area contributed by atoms with Crippen LogP contribution in [0.3, 0.4) is 0 Å². The second kappa shape index (κ2) is 6.78. The summed E-state index contributed by atoms with van der Waals surface area (Å²) in [6, 6.07) is 12.7. The maximum absolute atomic E-state index is 12.1. The predicted molar refractivity (Wildman–Crippen MR) is 95.4 cm³/mol. The molecule has 2 heterocycles. The number of pyridine rings is 1. The van der Waals surface area contributed by atoms with Crippen LogP contribution in [0.4, 0.5) is 0 Å². The molecule has 5 nitrogen and oxygen atoms in total. The number of carbonyl (C=O) groups excluding carboxylic acids is 2. The Morgan fingerprint density at radius 1 is 1.28 bits per heavy atom. The third kappa shape index (κ3) is 3.53. The van der Waals surface area contributed by atoms with E-state index in [1.807, 2.05) is 37.3 Å². The molecular weight excluding hydrogens is 314 g/mol. The maximum Gasteiger partial charge on any atom is 0.267 e. The van der Waals surface area contributed by atoms with Gasteiger partial charge in [-0.15, -0.1) is 0 Å². The van der Waals surface area contributed by atoms with Crippen molar-refractivity contribution in [3.63, 3.8) is 0 Å². The van der Waals surface area contributed by atoms with Gasteiger partial charge in [-0.2, -0.15) is 0 Å². The van der Waals surface area contributed by atoms with Gasteiger partial charge in [-0.05, 0) is 30.2 Å². The Morgan fingerprint density at radius 3 is 2.72 bits per heavy atom. The highest BCUT2D eigenvalue weighted by molar-refractivity contribution is 5.91. The standard InChI is InChI=1S/C20H19N3O2/c1-13-12-23(2)20(25)16(13)10-9-14-5-3-6-15(11-14)17-7-4-8-18(22-17)19(21)24/h3-8,11,13,16H,12H2,1-2H3,(H2,21,24)/t13-,16?/m1/s1. The molecular formula is C20H19N3O2. The van der Waals surface area contributed by atoms with Gasteiger partial charge in [-0.3, -0.25) is 9.59 Å². The molecule has 1 saturated heterocycles. The van der Waals surface area contributed by atoms with Crippen molar-refractivity contribution in [2.75, 3.05) is 13.6 Å². The number of likely N-dealkylation sites (tertiary alicyclic amines) is 1.